The molecule has 0 spiro atoms. The van der Waals surface area contributed by atoms with Gasteiger partial charge in [0.15, 0.2) is 6.29 Å². The SMILES string of the molecule is CC1C(CN2C(C(=O)NC(C)(C)C)CCC3CCCCC32)OC(c2ccc(NC(=O)C(Cl)(Cl)Cl)cc2)OC1c1ccc(CO)cc1. The third kappa shape index (κ3) is 8.56. The van der Waals surface area contributed by atoms with E-state index in [1.165, 1.54) is 19.3 Å². The third-order valence-electron chi connectivity index (χ3n) is 9.52. The molecule has 5 rings (SSSR count). The molecule has 2 amide bonds. The molecule has 3 fully saturated rings. The molecule has 7 atom stereocenters. The van der Waals surface area contributed by atoms with Crippen LogP contribution in [0.1, 0.15) is 95.3 Å². The van der Waals surface area contributed by atoms with Crippen LogP contribution in [0.5, 0.6) is 0 Å². The predicted molar refractivity (Wildman–Crippen MR) is 182 cm³/mol. The van der Waals surface area contributed by atoms with Gasteiger partial charge in [0.2, 0.25) is 5.91 Å². The summed E-state index contributed by atoms with van der Waals surface area (Å²) < 4.78 is 11.4. The number of nitrogens with zero attached hydrogens (tertiary/aromatic N) is 1. The van der Waals surface area contributed by atoms with Crippen molar-refractivity contribution < 1.29 is 24.2 Å². The first-order chi connectivity index (χ1) is 21.7. The van der Waals surface area contributed by atoms with E-state index in [4.69, 9.17) is 44.3 Å². The van der Waals surface area contributed by atoms with E-state index >= 15 is 0 Å². The Kier molecular flexibility index (Phi) is 11.3. The molecule has 2 saturated heterocycles. The molecule has 1 saturated carbocycles. The number of piperidine rings is 1. The van der Waals surface area contributed by atoms with Crippen molar-refractivity contribution in [3.63, 3.8) is 0 Å². The van der Waals surface area contributed by atoms with E-state index in [0.29, 0.717) is 24.2 Å². The second-order valence-electron chi connectivity index (χ2n) is 14.0. The number of nitrogens with one attached hydrogen (secondary N) is 2. The highest BCUT2D eigenvalue weighted by Crippen LogP contribution is 2.44. The zero-order valence-electron chi connectivity index (χ0n) is 27.0. The molecule has 8 nitrogen and oxygen atoms in total. The summed E-state index contributed by atoms with van der Waals surface area (Å²) in [7, 11) is 0. The number of amides is 2. The maximum Gasteiger partial charge on any atom is 0.276 e. The number of aliphatic hydroxyl groups is 1. The minimum atomic E-state index is -2.08. The van der Waals surface area contributed by atoms with Gasteiger partial charge in [-0.05, 0) is 75.6 Å². The number of hydrogen-bond donors (Lipinski definition) is 3. The summed E-state index contributed by atoms with van der Waals surface area (Å²) in [5.74, 6) is -0.121. The summed E-state index contributed by atoms with van der Waals surface area (Å²) in [6.45, 7) is 8.79. The smallest absolute Gasteiger partial charge is 0.276 e. The molecule has 2 heterocycles. The average Bonchev–Trinajstić information content (AvgIpc) is 3.01. The van der Waals surface area contributed by atoms with Crippen molar-refractivity contribution in [3.8, 4) is 0 Å². The Morgan fingerprint density at radius 1 is 0.913 bits per heavy atom. The third-order valence-corrected chi connectivity index (χ3v) is 10.0. The van der Waals surface area contributed by atoms with E-state index in [1.807, 2.05) is 57.2 Å². The van der Waals surface area contributed by atoms with Gasteiger partial charge >= 0.3 is 0 Å². The molecule has 1 aliphatic carbocycles. The highest BCUT2D eigenvalue weighted by Gasteiger charge is 2.46. The van der Waals surface area contributed by atoms with Crippen LogP contribution in [0.25, 0.3) is 0 Å². The molecule has 11 heteroatoms. The molecule has 2 aromatic rings. The van der Waals surface area contributed by atoms with Crippen LogP contribution in [-0.4, -0.2) is 55.9 Å². The number of halogens is 3. The fourth-order valence-electron chi connectivity index (χ4n) is 7.19. The van der Waals surface area contributed by atoms with Crippen LogP contribution in [0, 0.1) is 11.8 Å². The number of carbonyl (C=O) groups excluding carboxylic acids is 2. The lowest BCUT2D eigenvalue weighted by Crippen LogP contribution is -2.61. The topological polar surface area (TPSA) is 100 Å². The normalized spacial score (nSPS) is 29.1. The van der Waals surface area contributed by atoms with E-state index in [0.717, 1.165) is 36.0 Å². The van der Waals surface area contributed by atoms with Gasteiger partial charge in [0.25, 0.3) is 9.70 Å². The zero-order chi connectivity index (χ0) is 33.2. The molecule has 46 heavy (non-hydrogen) atoms. The van der Waals surface area contributed by atoms with E-state index in [2.05, 4.69) is 22.5 Å². The first-order valence-electron chi connectivity index (χ1n) is 16.3. The standard InChI is InChI=1S/C35H46Cl3N3O5/c1-21-29(19-41-27-8-6-5-7-23(27)15-18-28(41)31(43)40-34(2,3)4)45-32(46-30(21)24-11-9-22(20-42)10-12-24)25-13-16-26(17-14-25)39-33(44)35(36,37)38/h9-14,16-17,21,23,27-30,32,42H,5-8,15,18-20H2,1-4H3,(H,39,44)(H,40,43). The van der Waals surface area contributed by atoms with Gasteiger partial charge in [0.1, 0.15) is 0 Å². The Labute approximate surface area is 287 Å². The van der Waals surface area contributed by atoms with Crippen molar-refractivity contribution in [3.05, 3.63) is 65.2 Å². The number of benzene rings is 2. The van der Waals surface area contributed by atoms with Gasteiger partial charge < -0.3 is 25.2 Å². The molecule has 0 radical (unpaired) electrons. The van der Waals surface area contributed by atoms with Crippen LogP contribution in [0.15, 0.2) is 48.5 Å². The van der Waals surface area contributed by atoms with Gasteiger partial charge in [-0.3, -0.25) is 14.5 Å². The molecule has 3 aliphatic rings. The Balaban J connectivity index is 1.44. The van der Waals surface area contributed by atoms with Crippen molar-refractivity contribution in [2.75, 3.05) is 11.9 Å². The quantitative estimate of drug-likeness (QED) is 0.265. The highest BCUT2D eigenvalue weighted by molar-refractivity contribution is 6.76. The Morgan fingerprint density at radius 3 is 2.20 bits per heavy atom. The molecule has 7 unspecified atom stereocenters. The number of ether oxygens (including phenoxy) is 2. The molecule has 3 N–H and O–H groups in total. The predicted octanol–water partition coefficient (Wildman–Crippen LogP) is 7.22. The van der Waals surface area contributed by atoms with Gasteiger partial charge in [0.05, 0.1) is 24.9 Å². The summed E-state index contributed by atoms with van der Waals surface area (Å²) in [6, 6.07) is 15.0. The average molecular weight is 695 g/mol. The lowest BCUT2D eigenvalue weighted by Gasteiger charge is -2.51. The number of carbonyl (C=O) groups is 2. The van der Waals surface area contributed by atoms with Crippen LogP contribution in [0.4, 0.5) is 5.69 Å². The number of rotatable bonds is 7. The number of likely N-dealkylation sites (tertiary alicyclic amines) is 1. The minimum absolute atomic E-state index is 0.0330. The minimum Gasteiger partial charge on any atom is -0.392 e. The summed E-state index contributed by atoms with van der Waals surface area (Å²) in [5.41, 5.74) is 2.74. The number of fused-ring (bicyclic) bond motifs is 1. The largest absolute Gasteiger partial charge is 0.392 e. The summed E-state index contributed by atoms with van der Waals surface area (Å²) >= 11 is 17.2. The lowest BCUT2D eigenvalue weighted by molar-refractivity contribution is -0.278. The van der Waals surface area contributed by atoms with Crippen LogP contribution >= 0.6 is 34.8 Å². The van der Waals surface area contributed by atoms with Crippen LogP contribution in [-0.2, 0) is 25.7 Å². The number of aliphatic hydroxyl groups excluding tert-OH is 1. The molecule has 0 aromatic heterocycles. The first-order valence-corrected chi connectivity index (χ1v) is 17.4. The monoisotopic (exact) mass is 693 g/mol. The molecule has 2 aliphatic heterocycles. The van der Waals surface area contributed by atoms with E-state index in [1.54, 1.807) is 12.1 Å². The highest BCUT2D eigenvalue weighted by atomic mass is 35.6. The lowest BCUT2D eigenvalue weighted by atomic mass is 9.75. The molecular weight excluding hydrogens is 649 g/mol. The van der Waals surface area contributed by atoms with Gasteiger partial charge in [-0.25, -0.2) is 0 Å². The molecule has 0 bridgehead atoms. The maximum absolute atomic E-state index is 13.7. The van der Waals surface area contributed by atoms with Gasteiger partial charge in [0, 0.05) is 35.3 Å². The molecular formula is C35H46Cl3N3O5. The van der Waals surface area contributed by atoms with Crippen LogP contribution in [0.3, 0.4) is 0 Å². The molecule has 2 aromatic carbocycles. The summed E-state index contributed by atoms with van der Waals surface area (Å²) in [4.78, 5) is 28.4. The fraction of sp³-hybridized carbons (Fsp3) is 0.600. The maximum atomic E-state index is 13.7. The molecule has 252 valence electrons. The Hall–Kier alpha value is -1.91. The van der Waals surface area contributed by atoms with Crippen LogP contribution < -0.4 is 10.6 Å². The van der Waals surface area contributed by atoms with E-state index < -0.39 is 16.0 Å². The van der Waals surface area contributed by atoms with Gasteiger partial charge in [-0.15, -0.1) is 0 Å². The summed E-state index contributed by atoms with van der Waals surface area (Å²) in [5, 5.41) is 15.5. The Morgan fingerprint density at radius 2 is 1.57 bits per heavy atom. The van der Waals surface area contributed by atoms with E-state index in [9.17, 15) is 14.7 Å². The van der Waals surface area contributed by atoms with Crippen molar-refractivity contribution in [1.82, 2.24) is 10.2 Å². The van der Waals surface area contributed by atoms with Crippen molar-refractivity contribution >= 4 is 52.3 Å². The second kappa shape index (κ2) is 14.7. The van der Waals surface area contributed by atoms with Crippen molar-refractivity contribution in [1.29, 1.82) is 0 Å². The summed E-state index contributed by atoms with van der Waals surface area (Å²) in [6.07, 6.45) is 5.35. The van der Waals surface area contributed by atoms with Crippen molar-refractivity contribution in [2.24, 2.45) is 11.8 Å². The second-order valence-corrected chi connectivity index (χ2v) is 16.3. The number of anilines is 1. The van der Waals surface area contributed by atoms with Crippen LogP contribution in [0.2, 0.25) is 0 Å². The fourth-order valence-corrected chi connectivity index (χ4v) is 7.33. The van der Waals surface area contributed by atoms with Crippen molar-refractivity contribution in [2.45, 2.75) is 113 Å². The van der Waals surface area contributed by atoms with Gasteiger partial charge in [-0.1, -0.05) is 91.0 Å². The Bertz CT molecular complexity index is 1350. The number of alkyl halides is 3. The number of hydrogen-bond acceptors (Lipinski definition) is 6. The van der Waals surface area contributed by atoms with Gasteiger partial charge in [-0.2, -0.15) is 0 Å². The zero-order valence-corrected chi connectivity index (χ0v) is 29.2. The van der Waals surface area contributed by atoms with E-state index in [-0.39, 0.29) is 42.2 Å². The first kappa shape index (κ1) is 35.4.